The van der Waals surface area contributed by atoms with Gasteiger partial charge in [-0.15, -0.1) is 0 Å². The second-order valence-electron chi connectivity index (χ2n) is 9.35. The van der Waals surface area contributed by atoms with E-state index in [0.717, 1.165) is 24.6 Å². The third-order valence-electron chi connectivity index (χ3n) is 7.40. The van der Waals surface area contributed by atoms with Gasteiger partial charge in [0.2, 0.25) is 11.9 Å². The molecule has 35 heavy (non-hydrogen) atoms. The molecule has 8 heteroatoms. The second-order valence-corrected chi connectivity index (χ2v) is 9.35. The van der Waals surface area contributed by atoms with Gasteiger partial charge in [-0.25, -0.2) is 4.98 Å². The lowest BCUT2D eigenvalue weighted by Gasteiger charge is -2.39. The van der Waals surface area contributed by atoms with Crippen molar-refractivity contribution in [3.8, 4) is 11.5 Å². The summed E-state index contributed by atoms with van der Waals surface area (Å²) in [5.74, 6) is 2.82. The minimum absolute atomic E-state index is 0.0627. The van der Waals surface area contributed by atoms with Crippen molar-refractivity contribution in [2.75, 3.05) is 51.0 Å². The van der Waals surface area contributed by atoms with E-state index < -0.39 is 0 Å². The number of nitrogen functional groups attached to an aromatic ring is 1. The highest BCUT2D eigenvalue weighted by Crippen LogP contribution is 2.39. The summed E-state index contributed by atoms with van der Waals surface area (Å²) in [6.07, 6.45) is 4.36. The summed E-state index contributed by atoms with van der Waals surface area (Å²) in [5, 5.41) is 0.726. The number of rotatable bonds is 5. The number of ether oxygens (including phenoxy) is 2. The fourth-order valence-electron chi connectivity index (χ4n) is 5.50. The van der Waals surface area contributed by atoms with Crippen LogP contribution in [0.15, 0.2) is 42.5 Å². The molecule has 1 aliphatic heterocycles. The van der Waals surface area contributed by atoms with Crippen molar-refractivity contribution in [1.29, 1.82) is 0 Å². The zero-order chi connectivity index (χ0) is 24.4. The summed E-state index contributed by atoms with van der Waals surface area (Å²) in [6, 6.07) is 14.1. The van der Waals surface area contributed by atoms with E-state index in [-0.39, 0.29) is 11.8 Å². The van der Waals surface area contributed by atoms with Gasteiger partial charge in [0.15, 0.2) is 11.5 Å². The molecule has 1 saturated heterocycles. The van der Waals surface area contributed by atoms with Crippen molar-refractivity contribution in [3.05, 3.63) is 48.0 Å². The lowest BCUT2D eigenvalue weighted by molar-refractivity contribution is -0.137. The quantitative estimate of drug-likeness (QED) is 0.599. The normalized spacial score (nSPS) is 20.6. The van der Waals surface area contributed by atoms with Crippen molar-refractivity contribution >= 4 is 28.6 Å². The van der Waals surface area contributed by atoms with E-state index in [1.165, 1.54) is 12.0 Å². The van der Waals surface area contributed by atoms with E-state index in [9.17, 15) is 4.79 Å². The van der Waals surface area contributed by atoms with Crippen molar-refractivity contribution in [2.24, 2.45) is 5.92 Å². The first-order valence-electron chi connectivity index (χ1n) is 12.4. The molecule has 184 valence electrons. The molecule has 0 unspecified atom stereocenters. The van der Waals surface area contributed by atoms with Gasteiger partial charge < -0.3 is 25.0 Å². The van der Waals surface area contributed by atoms with E-state index in [1.54, 1.807) is 20.3 Å². The van der Waals surface area contributed by atoms with Gasteiger partial charge in [0, 0.05) is 43.5 Å². The number of amides is 1. The maximum Gasteiger partial charge on any atom is 0.228 e. The van der Waals surface area contributed by atoms with Crippen LogP contribution in [0.25, 0.3) is 10.9 Å². The molecule has 0 radical (unpaired) electrons. The number of hydrogen-bond acceptors (Lipinski definition) is 7. The highest BCUT2D eigenvalue weighted by atomic mass is 16.5. The number of carbonyl (C=O) groups excluding carboxylic acids is 1. The number of aromatic nitrogens is 2. The molecule has 2 N–H and O–H groups in total. The molecule has 2 aromatic carbocycles. The first-order chi connectivity index (χ1) is 17.1. The second kappa shape index (κ2) is 9.98. The first kappa shape index (κ1) is 23.2. The number of nitrogens with zero attached hydrogens (tertiary/aromatic N) is 4. The first-order valence-corrected chi connectivity index (χ1v) is 12.4. The smallest absolute Gasteiger partial charge is 0.228 e. The number of piperazine rings is 1. The summed E-state index contributed by atoms with van der Waals surface area (Å²) in [7, 11) is 3.19. The Morgan fingerprint density at radius 3 is 2.34 bits per heavy atom. The standard InChI is InChI=1S/C27H33N5O3/c1-34-23-16-21-22(17-24(23)35-2)29-27(30-25(21)28)32-14-12-31(13-15-32)26(33)20-11-7-6-10-19(20)18-8-4-3-5-9-18/h3-5,8-9,16-17,19-20H,6-7,10-15H2,1-2H3,(H2,28,29,30)/t19-,20+/m0/s1. The molecule has 0 bridgehead atoms. The van der Waals surface area contributed by atoms with Crippen LogP contribution in [0.4, 0.5) is 11.8 Å². The molecular formula is C27H33N5O3. The van der Waals surface area contributed by atoms with Crippen LogP contribution >= 0.6 is 0 Å². The Labute approximate surface area is 206 Å². The molecular weight excluding hydrogens is 442 g/mol. The molecule has 5 rings (SSSR count). The van der Waals surface area contributed by atoms with Crippen LogP contribution in [0.2, 0.25) is 0 Å². The zero-order valence-corrected chi connectivity index (χ0v) is 20.4. The maximum atomic E-state index is 13.6. The summed E-state index contributed by atoms with van der Waals surface area (Å²) in [6.45, 7) is 2.66. The maximum absolute atomic E-state index is 13.6. The summed E-state index contributed by atoms with van der Waals surface area (Å²) in [5.41, 5.74) is 8.28. The highest BCUT2D eigenvalue weighted by molar-refractivity contribution is 5.91. The van der Waals surface area contributed by atoms with Gasteiger partial charge >= 0.3 is 0 Å². The lowest BCUT2D eigenvalue weighted by Crippen LogP contribution is -2.51. The van der Waals surface area contributed by atoms with Gasteiger partial charge in [-0.3, -0.25) is 4.79 Å². The largest absolute Gasteiger partial charge is 0.493 e. The van der Waals surface area contributed by atoms with Crippen molar-refractivity contribution in [2.45, 2.75) is 31.6 Å². The van der Waals surface area contributed by atoms with Gasteiger partial charge in [0.1, 0.15) is 5.82 Å². The van der Waals surface area contributed by atoms with E-state index in [0.29, 0.717) is 60.9 Å². The average Bonchev–Trinajstić information content (AvgIpc) is 2.92. The Bertz CT molecular complexity index is 1190. The Hall–Kier alpha value is -3.55. The zero-order valence-electron chi connectivity index (χ0n) is 20.4. The van der Waals surface area contributed by atoms with Gasteiger partial charge in [0.25, 0.3) is 0 Å². The molecule has 1 saturated carbocycles. The number of benzene rings is 2. The lowest BCUT2D eigenvalue weighted by atomic mass is 9.74. The highest BCUT2D eigenvalue weighted by Gasteiger charge is 2.35. The molecule has 2 fully saturated rings. The fraction of sp³-hybridized carbons (Fsp3) is 0.444. The van der Waals surface area contributed by atoms with Crippen molar-refractivity contribution < 1.29 is 14.3 Å². The molecule has 1 amide bonds. The SMILES string of the molecule is COc1cc2nc(N3CCN(C(=O)[C@@H]4CCCC[C@H]4c4ccccc4)CC3)nc(N)c2cc1OC. The number of anilines is 2. The van der Waals surface area contributed by atoms with Gasteiger partial charge in [-0.1, -0.05) is 43.2 Å². The molecule has 8 nitrogen and oxygen atoms in total. The third kappa shape index (κ3) is 4.57. The van der Waals surface area contributed by atoms with Crippen LogP contribution in [0, 0.1) is 5.92 Å². The Kier molecular flexibility index (Phi) is 6.61. The van der Waals surface area contributed by atoms with Crippen LogP contribution < -0.4 is 20.1 Å². The fourth-order valence-corrected chi connectivity index (χ4v) is 5.50. The monoisotopic (exact) mass is 475 g/mol. The molecule has 0 spiro atoms. The van der Waals surface area contributed by atoms with Crippen LogP contribution in [0.1, 0.15) is 37.2 Å². The van der Waals surface area contributed by atoms with Crippen LogP contribution in [0.5, 0.6) is 11.5 Å². The van der Waals surface area contributed by atoms with Crippen molar-refractivity contribution in [3.63, 3.8) is 0 Å². The average molecular weight is 476 g/mol. The Morgan fingerprint density at radius 1 is 0.943 bits per heavy atom. The Morgan fingerprint density at radius 2 is 1.63 bits per heavy atom. The predicted octanol–water partition coefficient (Wildman–Crippen LogP) is 3.85. The topological polar surface area (TPSA) is 93.8 Å². The predicted molar refractivity (Wildman–Crippen MR) is 137 cm³/mol. The van der Waals surface area contributed by atoms with Crippen LogP contribution in [0.3, 0.4) is 0 Å². The van der Waals surface area contributed by atoms with E-state index in [1.807, 2.05) is 17.0 Å². The number of methoxy groups -OCH3 is 2. The Balaban J connectivity index is 1.30. The third-order valence-corrected chi connectivity index (χ3v) is 7.40. The van der Waals surface area contributed by atoms with Crippen LogP contribution in [-0.4, -0.2) is 61.2 Å². The molecule has 2 heterocycles. The molecule has 2 aliphatic rings. The van der Waals surface area contributed by atoms with Gasteiger partial charge in [-0.2, -0.15) is 4.98 Å². The van der Waals surface area contributed by atoms with E-state index in [2.05, 4.69) is 34.1 Å². The summed E-state index contributed by atoms with van der Waals surface area (Å²) in [4.78, 5) is 27.0. The number of hydrogen-bond donors (Lipinski definition) is 1. The number of fused-ring (bicyclic) bond motifs is 1. The molecule has 1 aromatic heterocycles. The van der Waals surface area contributed by atoms with Gasteiger partial charge in [-0.05, 0) is 30.4 Å². The number of carbonyl (C=O) groups is 1. The summed E-state index contributed by atoms with van der Waals surface area (Å²) >= 11 is 0. The molecule has 3 aromatic rings. The molecule has 2 atom stereocenters. The van der Waals surface area contributed by atoms with E-state index in [4.69, 9.17) is 20.2 Å². The van der Waals surface area contributed by atoms with Crippen LogP contribution in [-0.2, 0) is 4.79 Å². The minimum Gasteiger partial charge on any atom is -0.493 e. The van der Waals surface area contributed by atoms with Crippen molar-refractivity contribution in [1.82, 2.24) is 14.9 Å². The molecule has 1 aliphatic carbocycles. The van der Waals surface area contributed by atoms with E-state index >= 15 is 0 Å². The number of nitrogens with two attached hydrogens (primary N) is 1. The summed E-state index contributed by atoms with van der Waals surface area (Å²) < 4.78 is 10.8. The minimum atomic E-state index is 0.0627. The van der Waals surface area contributed by atoms with Gasteiger partial charge in [0.05, 0.1) is 19.7 Å².